The molecule has 1 aliphatic heterocycles. The van der Waals surface area contributed by atoms with Gasteiger partial charge < -0.3 is 9.47 Å². The minimum atomic E-state index is -0.171. The Balaban J connectivity index is 2.30. The Morgan fingerprint density at radius 3 is 2.53 bits per heavy atom. The van der Waals surface area contributed by atoms with Crippen LogP contribution in [-0.2, 0) is 10.2 Å². The predicted octanol–water partition coefficient (Wildman–Crippen LogP) is 3.11. The van der Waals surface area contributed by atoms with Crippen molar-refractivity contribution in [3.05, 3.63) is 29.8 Å². The summed E-state index contributed by atoms with van der Waals surface area (Å²) in [7, 11) is 0. The second-order valence-corrected chi connectivity index (χ2v) is 4.85. The number of ether oxygens (including phenoxy) is 2. The first-order valence-electron chi connectivity index (χ1n) is 5.43. The van der Waals surface area contributed by atoms with E-state index in [-0.39, 0.29) is 17.8 Å². The summed E-state index contributed by atoms with van der Waals surface area (Å²) in [6.45, 7) is 8.38. The zero-order valence-electron chi connectivity index (χ0n) is 9.78. The highest BCUT2D eigenvalue weighted by atomic mass is 16.7. The smallest absolute Gasteiger partial charge is 0.209 e. The summed E-state index contributed by atoms with van der Waals surface area (Å²) >= 11 is 0. The van der Waals surface area contributed by atoms with E-state index in [2.05, 4.69) is 19.9 Å². The molecule has 2 heteroatoms. The van der Waals surface area contributed by atoms with Crippen LogP contribution in [0, 0.1) is 0 Å². The highest BCUT2D eigenvalue weighted by Gasteiger charge is 2.42. The van der Waals surface area contributed by atoms with Crippen LogP contribution in [0.2, 0.25) is 0 Å². The first-order chi connectivity index (χ1) is 7.01. The maximum absolute atomic E-state index is 5.81. The fraction of sp³-hybridized carbons (Fsp3) is 0.538. The molecule has 0 saturated carbocycles. The number of hydrogen-bond donors (Lipinski definition) is 0. The van der Waals surface area contributed by atoms with Gasteiger partial charge in [0.15, 0.2) is 0 Å². The summed E-state index contributed by atoms with van der Waals surface area (Å²) in [6, 6.07) is 8.15. The molecule has 82 valence electrons. The third kappa shape index (κ3) is 1.74. The van der Waals surface area contributed by atoms with Gasteiger partial charge in [-0.1, -0.05) is 18.2 Å². The van der Waals surface area contributed by atoms with Crippen molar-refractivity contribution < 1.29 is 9.47 Å². The molecule has 1 aliphatic rings. The molecule has 0 saturated heterocycles. The zero-order valence-corrected chi connectivity index (χ0v) is 9.78. The molecule has 1 aromatic carbocycles. The van der Waals surface area contributed by atoms with E-state index in [9.17, 15) is 0 Å². The van der Waals surface area contributed by atoms with Crippen molar-refractivity contribution in [1.82, 2.24) is 0 Å². The molecule has 1 unspecified atom stereocenters. The van der Waals surface area contributed by atoms with Gasteiger partial charge in [-0.15, -0.1) is 0 Å². The summed E-state index contributed by atoms with van der Waals surface area (Å²) in [5.41, 5.74) is 1.16. The number of benzene rings is 1. The van der Waals surface area contributed by atoms with Gasteiger partial charge in [-0.25, -0.2) is 0 Å². The van der Waals surface area contributed by atoms with Gasteiger partial charge in [-0.2, -0.15) is 0 Å². The van der Waals surface area contributed by atoms with Gasteiger partial charge in [-0.05, 0) is 33.8 Å². The third-order valence-electron chi connectivity index (χ3n) is 2.80. The summed E-state index contributed by atoms with van der Waals surface area (Å²) < 4.78 is 11.6. The molecule has 15 heavy (non-hydrogen) atoms. The normalized spacial score (nSPS) is 22.6. The van der Waals surface area contributed by atoms with Gasteiger partial charge in [-0.3, -0.25) is 0 Å². The van der Waals surface area contributed by atoms with Crippen molar-refractivity contribution >= 4 is 0 Å². The van der Waals surface area contributed by atoms with E-state index in [0.717, 1.165) is 5.75 Å². The van der Waals surface area contributed by atoms with Crippen LogP contribution in [0.4, 0.5) is 0 Å². The maximum atomic E-state index is 5.81. The van der Waals surface area contributed by atoms with Crippen molar-refractivity contribution in [1.29, 1.82) is 0 Å². The average Bonchev–Trinajstić information content (AvgIpc) is 2.39. The second kappa shape index (κ2) is 3.53. The molecule has 0 amide bonds. The fourth-order valence-corrected chi connectivity index (χ4v) is 1.94. The first-order valence-corrected chi connectivity index (χ1v) is 5.43. The number of fused-ring (bicyclic) bond motifs is 1. The van der Waals surface area contributed by atoms with Crippen LogP contribution in [0.25, 0.3) is 0 Å². The summed E-state index contributed by atoms with van der Waals surface area (Å²) in [4.78, 5) is 0. The largest absolute Gasteiger partial charge is 0.464 e. The Hall–Kier alpha value is -1.02. The lowest BCUT2D eigenvalue weighted by atomic mass is 9.85. The van der Waals surface area contributed by atoms with Crippen molar-refractivity contribution in [2.45, 2.75) is 45.5 Å². The lowest BCUT2D eigenvalue weighted by Crippen LogP contribution is -2.36. The van der Waals surface area contributed by atoms with E-state index in [1.54, 1.807) is 0 Å². The molecule has 1 aromatic rings. The minimum absolute atomic E-state index is 0.0686. The Kier molecular flexibility index (Phi) is 2.47. The Bertz CT molecular complexity index is 355. The average molecular weight is 206 g/mol. The van der Waals surface area contributed by atoms with E-state index in [0.29, 0.717) is 0 Å². The quantitative estimate of drug-likeness (QED) is 0.740. The van der Waals surface area contributed by atoms with Gasteiger partial charge in [0.1, 0.15) is 5.75 Å². The SMILES string of the molecule is CC(C)OC1Oc2ccccc2C1(C)C. The van der Waals surface area contributed by atoms with Gasteiger partial charge in [0, 0.05) is 5.56 Å². The topological polar surface area (TPSA) is 18.5 Å². The number of rotatable bonds is 2. The molecule has 0 spiro atoms. The molecule has 2 rings (SSSR count). The fourth-order valence-electron chi connectivity index (χ4n) is 1.94. The molecule has 1 heterocycles. The lowest BCUT2D eigenvalue weighted by Gasteiger charge is -2.27. The van der Waals surface area contributed by atoms with Crippen molar-refractivity contribution in [3.63, 3.8) is 0 Å². The van der Waals surface area contributed by atoms with Crippen LogP contribution in [0.1, 0.15) is 33.3 Å². The van der Waals surface area contributed by atoms with E-state index < -0.39 is 0 Å². The van der Waals surface area contributed by atoms with E-state index >= 15 is 0 Å². The van der Waals surface area contributed by atoms with E-state index in [1.165, 1.54) is 5.56 Å². The maximum Gasteiger partial charge on any atom is 0.209 e. The highest BCUT2D eigenvalue weighted by Crippen LogP contribution is 2.43. The van der Waals surface area contributed by atoms with Crippen molar-refractivity contribution in [2.24, 2.45) is 0 Å². The Morgan fingerprint density at radius 1 is 1.27 bits per heavy atom. The van der Waals surface area contributed by atoms with Gasteiger partial charge in [0.25, 0.3) is 0 Å². The van der Waals surface area contributed by atoms with Crippen LogP contribution >= 0.6 is 0 Å². The van der Waals surface area contributed by atoms with Gasteiger partial charge in [0.05, 0.1) is 11.5 Å². The van der Waals surface area contributed by atoms with Gasteiger partial charge in [0.2, 0.25) is 6.29 Å². The predicted molar refractivity (Wildman–Crippen MR) is 60.1 cm³/mol. The summed E-state index contributed by atoms with van der Waals surface area (Å²) in [6.07, 6.45) is 0.0125. The second-order valence-electron chi connectivity index (χ2n) is 4.85. The molecule has 1 atom stereocenters. The van der Waals surface area contributed by atoms with E-state index in [1.807, 2.05) is 32.0 Å². The molecular formula is C13H18O2. The van der Waals surface area contributed by atoms with Crippen LogP contribution in [0.15, 0.2) is 24.3 Å². The van der Waals surface area contributed by atoms with Crippen molar-refractivity contribution in [2.75, 3.05) is 0 Å². The minimum Gasteiger partial charge on any atom is -0.464 e. The van der Waals surface area contributed by atoms with Crippen LogP contribution in [-0.4, -0.2) is 12.4 Å². The monoisotopic (exact) mass is 206 g/mol. The van der Waals surface area contributed by atoms with Crippen molar-refractivity contribution in [3.8, 4) is 5.75 Å². The standard InChI is InChI=1S/C13H18O2/c1-9(2)14-12-13(3,4)10-7-5-6-8-11(10)15-12/h5-9,12H,1-4H3. The summed E-state index contributed by atoms with van der Waals surface area (Å²) in [5.74, 6) is 0.952. The van der Waals surface area contributed by atoms with Gasteiger partial charge >= 0.3 is 0 Å². The number of para-hydroxylation sites is 1. The third-order valence-corrected chi connectivity index (χ3v) is 2.80. The number of hydrogen-bond acceptors (Lipinski definition) is 2. The molecular weight excluding hydrogens is 188 g/mol. The van der Waals surface area contributed by atoms with Crippen LogP contribution < -0.4 is 4.74 Å². The molecule has 0 aliphatic carbocycles. The summed E-state index contributed by atoms with van der Waals surface area (Å²) in [5, 5.41) is 0. The van der Waals surface area contributed by atoms with Crippen LogP contribution in [0.5, 0.6) is 5.75 Å². The van der Waals surface area contributed by atoms with E-state index in [4.69, 9.17) is 9.47 Å². The zero-order chi connectivity index (χ0) is 11.1. The Labute approximate surface area is 91.2 Å². The Morgan fingerprint density at radius 2 is 1.93 bits per heavy atom. The molecule has 0 aromatic heterocycles. The molecule has 2 nitrogen and oxygen atoms in total. The molecule has 0 N–H and O–H groups in total. The first kappa shape index (κ1) is 10.5. The lowest BCUT2D eigenvalue weighted by molar-refractivity contribution is -0.128. The molecule has 0 fully saturated rings. The molecule has 0 radical (unpaired) electrons. The molecule has 0 bridgehead atoms. The highest BCUT2D eigenvalue weighted by molar-refractivity contribution is 5.43. The van der Waals surface area contributed by atoms with Crippen LogP contribution in [0.3, 0.4) is 0 Å².